The van der Waals surface area contributed by atoms with Crippen molar-refractivity contribution in [2.75, 3.05) is 6.54 Å². The van der Waals surface area contributed by atoms with Crippen LogP contribution >= 0.6 is 0 Å². The summed E-state index contributed by atoms with van der Waals surface area (Å²) in [5, 5.41) is 7.88. The number of aryl methyl sites for hydroxylation is 1. The number of fused-ring (bicyclic) bond motifs is 1. The van der Waals surface area contributed by atoms with Gasteiger partial charge in [-0.2, -0.15) is 5.10 Å². The number of nitrogens with zero attached hydrogens (tertiary/aromatic N) is 3. The molecule has 3 aromatic rings. The quantitative estimate of drug-likeness (QED) is 0.781. The Hall–Kier alpha value is -2.20. The van der Waals surface area contributed by atoms with Gasteiger partial charge in [0.05, 0.1) is 5.69 Å². The molecule has 0 aliphatic carbocycles. The van der Waals surface area contributed by atoms with Gasteiger partial charge in [0, 0.05) is 37.1 Å². The lowest BCUT2D eigenvalue weighted by Gasteiger charge is -2.13. The number of hydrogen-bond donors (Lipinski definition) is 1. The van der Waals surface area contributed by atoms with E-state index in [-0.39, 0.29) is 0 Å². The Morgan fingerprint density at radius 2 is 2.05 bits per heavy atom. The normalized spacial score (nSPS) is 12.7. The van der Waals surface area contributed by atoms with E-state index >= 15 is 0 Å². The van der Waals surface area contributed by atoms with Crippen LogP contribution in [0, 0.1) is 6.92 Å². The first-order valence-electron chi connectivity index (χ1n) is 7.29. The SMILES string of the molecule is Cc1cc2ncc(CNCC(C)c3ccccc3)cn2n1. The highest BCUT2D eigenvalue weighted by molar-refractivity contribution is 5.38. The molecule has 21 heavy (non-hydrogen) atoms. The summed E-state index contributed by atoms with van der Waals surface area (Å²) in [5.74, 6) is 0.495. The van der Waals surface area contributed by atoms with Gasteiger partial charge in [0.25, 0.3) is 0 Å². The first-order valence-corrected chi connectivity index (χ1v) is 7.29. The summed E-state index contributed by atoms with van der Waals surface area (Å²) in [5.41, 5.74) is 4.39. The van der Waals surface area contributed by atoms with Crippen LogP contribution in [0.1, 0.15) is 29.7 Å². The number of benzene rings is 1. The zero-order valence-electron chi connectivity index (χ0n) is 12.5. The molecule has 1 N–H and O–H groups in total. The van der Waals surface area contributed by atoms with E-state index in [0.29, 0.717) is 5.92 Å². The molecule has 1 atom stereocenters. The maximum Gasteiger partial charge on any atom is 0.155 e. The first kappa shape index (κ1) is 13.8. The van der Waals surface area contributed by atoms with Crippen LogP contribution in [-0.4, -0.2) is 21.1 Å². The minimum Gasteiger partial charge on any atom is -0.312 e. The Labute approximate surface area is 124 Å². The van der Waals surface area contributed by atoms with E-state index < -0.39 is 0 Å². The summed E-state index contributed by atoms with van der Waals surface area (Å²) >= 11 is 0. The molecule has 4 heteroatoms. The average Bonchev–Trinajstić information content (AvgIpc) is 2.87. The monoisotopic (exact) mass is 280 g/mol. The number of hydrogen-bond acceptors (Lipinski definition) is 3. The topological polar surface area (TPSA) is 42.2 Å². The molecule has 0 spiro atoms. The molecule has 2 heterocycles. The van der Waals surface area contributed by atoms with Crippen LogP contribution in [-0.2, 0) is 6.54 Å². The van der Waals surface area contributed by atoms with Crippen molar-refractivity contribution in [1.82, 2.24) is 19.9 Å². The van der Waals surface area contributed by atoms with Gasteiger partial charge in [0.2, 0.25) is 0 Å². The molecule has 1 unspecified atom stereocenters. The van der Waals surface area contributed by atoms with Crippen LogP contribution in [0.5, 0.6) is 0 Å². The zero-order valence-corrected chi connectivity index (χ0v) is 12.5. The van der Waals surface area contributed by atoms with Gasteiger partial charge in [-0.15, -0.1) is 0 Å². The Morgan fingerprint density at radius 1 is 1.24 bits per heavy atom. The smallest absolute Gasteiger partial charge is 0.155 e. The van der Waals surface area contributed by atoms with Gasteiger partial charge in [0.15, 0.2) is 5.65 Å². The summed E-state index contributed by atoms with van der Waals surface area (Å²) in [6, 6.07) is 12.6. The minimum atomic E-state index is 0.495. The molecule has 0 aliphatic rings. The molecule has 0 aliphatic heterocycles. The third-order valence-corrected chi connectivity index (χ3v) is 3.64. The lowest BCUT2D eigenvalue weighted by atomic mass is 10.0. The second-order valence-corrected chi connectivity index (χ2v) is 5.49. The molecule has 0 bridgehead atoms. The molecule has 1 aromatic carbocycles. The minimum absolute atomic E-state index is 0.495. The van der Waals surface area contributed by atoms with Gasteiger partial charge in [-0.1, -0.05) is 37.3 Å². The maximum absolute atomic E-state index is 4.42. The van der Waals surface area contributed by atoms with Crippen LogP contribution in [0.2, 0.25) is 0 Å². The molecule has 0 radical (unpaired) electrons. The summed E-state index contributed by atoms with van der Waals surface area (Å²) < 4.78 is 1.84. The molecule has 0 amide bonds. The third kappa shape index (κ3) is 3.28. The summed E-state index contributed by atoms with van der Waals surface area (Å²) in [6.07, 6.45) is 3.95. The molecular formula is C17H20N4. The second kappa shape index (κ2) is 6.06. The molecule has 4 nitrogen and oxygen atoms in total. The van der Waals surface area contributed by atoms with Crippen molar-refractivity contribution < 1.29 is 0 Å². The highest BCUT2D eigenvalue weighted by atomic mass is 15.2. The van der Waals surface area contributed by atoms with Crippen molar-refractivity contribution >= 4 is 5.65 Å². The lowest BCUT2D eigenvalue weighted by molar-refractivity contribution is 0.612. The number of nitrogens with one attached hydrogen (secondary N) is 1. The Kier molecular flexibility index (Phi) is 3.97. The molecule has 3 rings (SSSR count). The molecule has 2 aromatic heterocycles. The van der Waals surface area contributed by atoms with Gasteiger partial charge in [-0.25, -0.2) is 9.50 Å². The number of rotatable bonds is 5. The standard InChI is InChI=1S/C17H20N4/c1-13(16-6-4-3-5-7-16)9-18-10-15-11-19-17-8-14(2)20-21(17)12-15/h3-8,11-13,18H,9-10H2,1-2H3. The van der Waals surface area contributed by atoms with Crippen molar-refractivity contribution in [2.45, 2.75) is 26.3 Å². The summed E-state index contributed by atoms with van der Waals surface area (Å²) in [4.78, 5) is 4.42. The van der Waals surface area contributed by atoms with Crippen LogP contribution < -0.4 is 5.32 Å². The molecule has 0 fully saturated rings. The van der Waals surface area contributed by atoms with Crippen molar-refractivity contribution in [3.05, 3.63) is 65.6 Å². The van der Waals surface area contributed by atoms with Gasteiger partial charge >= 0.3 is 0 Å². The fourth-order valence-corrected chi connectivity index (χ4v) is 2.46. The summed E-state index contributed by atoms with van der Waals surface area (Å²) in [7, 11) is 0. The van der Waals surface area contributed by atoms with Crippen LogP contribution in [0.4, 0.5) is 0 Å². The van der Waals surface area contributed by atoms with Crippen molar-refractivity contribution in [2.24, 2.45) is 0 Å². The van der Waals surface area contributed by atoms with E-state index in [1.54, 1.807) is 0 Å². The first-order chi connectivity index (χ1) is 10.2. The van der Waals surface area contributed by atoms with E-state index in [2.05, 4.69) is 52.7 Å². The fourth-order valence-electron chi connectivity index (χ4n) is 2.46. The lowest BCUT2D eigenvalue weighted by Crippen LogP contribution is -2.20. The Bertz CT molecular complexity index is 718. The van der Waals surface area contributed by atoms with E-state index in [9.17, 15) is 0 Å². The van der Waals surface area contributed by atoms with E-state index in [4.69, 9.17) is 0 Å². The van der Waals surface area contributed by atoms with E-state index in [0.717, 1.165) is 30.0 Å². The van der Waals surface area contributed by atoms with Gasteiger partial charge in [-0.05, 0) is 18.4 Å². The largest absolute Gasteiger partial charge is 0.312 e. The van der Waals surface area contributed by atoms with Crippen LogP contribution in [0.25, 0.3) is 5.65 Å². The molecule has 0 saturated heterocycles. The zero-order chi connectivity index (χ0) is 14.7. The van der Waals surface area contributed by atoms with Gasteiger partial charge < -0.3 is 5.32 Å². The van der Waals surface area contributed by atoms with Gasteiger partial charge in [-0.3, -0.25) is 0 Å². The van der Waals surface area contributed by atoms with Crippen molar-refractivity contribution in [3.8, 4) is 0 Å². The Morgan fingerprint density at radius 3 is 2.86 bits per heavy atom. The predicted molar refractivity (Wildman–Crippen MR) is 84.3 cm³/mol. The van der Waals surface area contributed by atoms with E-state index in [1.807, 2.05) is 29.9 Å². The fraction of sp³-hybridized carbons (Fsp3) is 0.294. The highest BCUT2D eigenvalue weighted by Crippen LogP contribution is 2.13. The molecule has 108 valence electrons. The summed E-state index contributed by atoms with van der Waals surface area (Å²) in [6.45, 7) is 5.97. The predicted octanol–water partition coefficient (Wildman–Crippen LogP) is 2.93. The Balaban J connectivity index is 1.59. The van der Waals surface area contributed by atoms with Crippen molar-refractivity contribution in [1.29, 1.82) is 0 Å². The maximum atomic E-state index is 4.42. The van der Waals surface area contributed by atoms with Crippen LogP contribution in [0.15, 0.2) is 48.8 Å². The van der Waals surface area contributed by atoms with E-state index in [1.165, 1.54) is 5.56 Å². The van der Waals surface area contributed by atoms with Crippen LogP contribution in [0.3, 0.4) is 0 Å². The molecule has 0 saturated carbocycles. The van der Waals surface area contributed by atoms with Crippen molar-refractivity contribution in [3.63, 3.8) is 0 Å². The molecular weight excluding hydrogens is 260 g/mol. The number of aromatic nitrogens is 3. The third-order valence-electron chi connectivity index (χ3n) is 3.64. The van der Waals surface area contributed by atoms with Gasteiger partial charge in [0.1, 0.15) is 0 Å². The highest BCUT2D eigenvalue weighted by Gasteiger charge is 2.05. The average molecular weight is 280 g/mol. The second-order valence-electron chi connectivity index (χ2n) is 5.49.